The van der Waals surface area contributed by atoms with Crippen molar-refractivity contribution in [2.45, 2.75) is 45.4 Å². The molecule has 180 valence electrons. The highest BCUT2D eigenvalue weighted by molar-refractivity contribution is 7.10. The summed E-state index contributed by atoms with van der Waals surface area (Å²) in [6.45, 7) is 6.65. The minimum atomic E-state index is -0.696. The molecule has 1 unspecified atom stereocenters. The summed E-state index contributed by atoms with van der Waals surface area (Å²) in [6.07, 6.45) is 2.59. The molecule has 0 bridgehead atoms. The largest absolute Gasteiger partial charge is 0.344 e. The van der Waals surface area contributed by atoms with Gasteiger partial charge in [-0.3, -0.25) is 19.2 Å². The van der Waals surface area contributed by atoms with Crippen molar-refractivity contribution in [3.63, 3.8) is 0 Å². The molecule has 0 spiro atoms. The van der Waals surface area contributed by atoms with Crippen LogP contribution in [0.1, 0.15) is 56.5 Å². The van der Waals surface area contributed by atoms with Crippen LogP contribution in [0.3, 0.4) is 0 Å². The van der Waals surface area contributed by atoms with Crippen LogP contribution in [0.4, 0.5) is 0 Å². The maximum Gasteiger partial charge on any atom is 0.292 e. The Balaban J connectivity index is 1.65. The van der Waals surface area contributed by atoms with Gasteiger partial charge in [0.15, 0.2) is 0 Å². The minimum absolute atomic E-state index is 0.141. The molecule has 0 fully saturated rings. The second-order valence-corrected chi connectivity index (χ2v) is 9.41. The number of rotatable bonds is 11. The first-order chi connectivity index (χ1) is 16.3. The van der Waals surface area contributed by atoms with E-state index in [1.807, 2.05) is 38.1 Å². The molecule has 1 aromatic carbocycles. The Labute approximate surface area is 203 Å². The molecule has 0 saturated carbocycles. The number of fused-ring (bicyclic) bond motifs is 1. The van der Waals surface area contributed by atoms with E-state index in [1.54, 1.807) is 22.4 Å². The highest BCUT2D eigenvalue weighted by Crippen LogP contribution is 2.33. The van der Waals surface area contributed by atoms with Gasteiger partial charge in [-0.2, -0.15) is 0 Å². The van der Waals surface area contributed by atoms with E-state index >= 15 is 0 Å². The average molecular weight is 483 g/mol. The van der Waals surface area contributed by atoms with Gasteiger partial charge in [0.1, 0.15) is 6.04 Å². The van der Waals surface area contributed by atoms with E-state index in [0.29, 0.717) is 24.1 Å². The van der Waals surface area contributed by atoms with Crippen LogP contribution in [-0.2, 0) is 29.2 Å². The van der Waals surface area contributed by atoms with Gasteiger partial charge < -0.3 is 20.4 Å². The van der Waals surface area contributed by atoms with E-state index in [1.165, 1.54) is 17.5 Å². The molecule has 1 atom stereocenters. The first kappa shape index (κ1) is 25.3. The summed E-state index contributed by atoms with van der Waals surface area (Å²) in [6, 6.07) is 6.39. The van der Waals surface area contributed by atoms with Crippen LogP contribution in [0.25, 0.3) is 0 Å². The molecule has 34 heavy (non-hydrogen) atoms. The Hall–Kier alpha value is -3.30. The second-order valence-electron chi connectivity index (χ2n) is 8.45. The number of thiophene rings is 1. The summed E-state index contributed by atoms with van der Waals surface area (Å²) in [4.78, 5) is 54.8. The number of nitrogens with one attached hydrogen (secondary N) is 2. The fourth-order valence-electron chi connectivity index (χ4n) is 3.97. The number of benzene rings is 1. The molecule has 0 saturated heterocycles. The summed E-state index contributed by atoms with van der Waals surface area (Å²) >= 11 is 1.36. The summed E-state index contributed by atoms with van der Waals surface area (Å²) in [7, 11) is 3.92. The number of Topliss-reactive ketones (excluding diaryl/α,β-unsaturated/α-hetero) is 1. The molecule has 0 aliphatic carbocycles. The third-order valence-electron chi connectivity index (χ3n) is 5.62. The Bertz CT molecular complexity index is 1090. The van der Waals surface area contributed by atoms with Gasteiger partial charge in [-0.15, -0.1) is 11.3 Å². The van der Waals surface area contributed by atoms with E-state index in [9.17, 15) is 19.2 Å². The Kier molecular flexibility index (Phi) is 8.36. The molecule has 3 rings (SSSR count). The Morgan fingerprint density at radius 3 is 2.56 bits per heavy atom. The fraction of sp³-hybridized carbons (Fsp3) is 0.360. The predicted molar refractivity (Wildman–Crippen MR) is 131 cm³/mol. The topological polar surface area (TPSA) is 98.8 Å². The minimum Gasteiger partial charge on any atom is -0.344 e. The Morgan fingerprint density at radius 2 is 1.94 bits per heavy atom. The van der Waals surface area contributed by atoms with Crippen LogP contribution < -0.4 is 10.6 Å². The average Bonchev–Trinajstić information content (AvgIpc) is 3.35. The fourth-order valence-corrected chi connectivity index (χ4v) is 4.95. The van der Waals surface area contributed by atoms with Gasteiger partial charge in [-0.1, -0.05) is 44.2 Å². The standard InChI is InChI=1S/C25H30N4O4S/c1-5-7-20(23(31)26-6-2)29-14-18-19(25(29)33)15-34-21(18)12-27-24(32)22(30)17-10-8-16(9-11-17)13-28(3)4/h6,8-11,15,20H,2,5,7,12-14H2,1,3-4H3,(H,26,31)(H,27,32). The molecule has 2 aromatic rings. The molecular weight excluding hydrogens is 452 g/mol. The summed E-state index contributed by atoms with van der Waals surface area (Å²) in [5, 5.41) is 7.01. The van der Waals surface area contributed by atoms with E-state index in [-0.39, 0.29) is 18.4 Å². The van der Waals surface area contributed by atoms with E-state index in [2.05, 4.69) is 17.2 Å². The molecule has 8 nitrogen and oxygen atoms in total. The van der Waals surface area contributed by atoms with Crippen molar-refractivity contribution < 1.29 is 19.2 Å². The number of carbonyl (C=O) groups is 4. The van der Waals surface area contributed by atoms with Gasteiger partial charge in [0.05, 0.1) is 12.1 Å². The first-order valence-electron chi connectivity index (χ1n) is 11.1. The molecule has 0 radical (unpaired) electrons. The molecule has 1 aromatic heterocycles. The van der Waals surface area contributed by atoms with Gasteiger partial charge in [0.2, 0.25) is 11.7 Å². The quantitative estimate of drug-likeness (QED) is 0.379. The zero-order valence-corrected chi connectivity index (χ0v) is 20.5. The maximum absolute atomic E-state index is 12.9. The van der Waals surface area contributed by atoms with Crippen LogP contribution in [0.5, 0.6) is 0 Å². The number of nitrogens with zero attached hydrogens (tertiary/aromatic N) is 2. The highest BCUT2D eigenvalue weighted by Gasteiger charge is 2.37. The molecule has 3 amide bonds. The summed E-state index contributed by atoms with van der Waals surface area (Å²) in [5.74, 6) is -1.77. The lowest BCUT2D eigenvalue weighted by Crippen LogP contribution is -2.45. The predicted octanol–water partition coefficient (Wildman–Crippen LogP) is 2.69. The third kappa shape index (κ3) is 5.60. The SMILES string of the molecule is C=CNC(=O)C(CCC)N1Cc2c(csc2CNC(=O)C(=O)c2ccc(CN(C)C)cc2)C1=O. The van der Waals surface area contributed by atoms with E-state index in [0.717, 1.165) is 29.0 Å². The van der Waals surface area contributed by atoms with Gasteiger partial charge >= 0.3 is 0 Å². The summed E-state index contributed by atoms with van der Waals surface area (Å²) in [5.41, 5.74) is 2.72. The Morgan fingerprint density at radius 1 is 1.24 bits per heavy atom. The highest BCUT2D eigenvalue weighted by atomic mass is 32.1. The van der Waals surface area contributed by atoms with Crippen LogP contribution in [0, 0.1) is 0 Å². The zero-order valence-electron chi connectivity index (χ0n) is 19.7. The van der Waals surface area contributed by atoms with Crippen LogP contribution >= 0.6 is 11.3 Å². The molecule has 1 aliphatic heterocycles. The lowest BCUT2D eigenvalue weighted by Gasteiger charge is -2.26. The molecule has 1 aliphatic rings. The van der Waals surface area contributed by atoms with Crippen LogP contribution in [0.2, 0.25) is 0 Å². The monoisotopic (exact) mass is 482 g/mol. The van der Waals surface area contributed by atoms with Gasteiger partial charge in [-0.05, 0) is 37.8 Å². The van der Waals surface area contributed by atoms with Crippen molar-refractivity contribution in [2.24, 2.45) is 0 Å². The van der Waals surface area contributed by atoms with Crippen molar-refractivity contribution in [1.29, 1.82) is 0 Å². The number of hydrogen-bond donors (Lipinski definition) is 2. The number of carbonyl (C=O) groups excluding carboxylic acids is 4. The zero-order chi connectivity index (χ0) is 24.8. The van der Waals surface area contributed by atoms with Gasteiger partial charge in [0, 0.05) is 28.9 Å². The molecule has 2 N–H and O–H groups in total. The van der Waals surface area contributed by atoms with Crippen molar-refractivity contribution in [1.82, 2.24) is 20.4 Å². The van der Waals surface area contributed by atoms with Crippen LogP contribution in [0.15, 0.2) is 42.4 Å². The number of hydrogen-bond acceptors (Lipinski definition) is 6. The van der Waals surface area contributed by atoms with E-state index < -0.39 is 17.7 Å². The van der Waals surface area contributed by atoms with Gasteiger partial charge in [-0.25, -0.2) is 0 Å². The van der Waals surface area contributed by atoms with Crippen molar-refractivity contribution in [2.75, 3.05) is 14.1 Å². The lowest BCUT2D eigenvalue weighted by molar-refractivity contribution is -0.125. The summed E-state index contributed by atoms with van der Waals surface area (Å²) < 4.78 is 0. The molecule has 2 heterocycles. The number of amides is 3. The van der Waals surface area contributed by atoms with Crippen molar-refractivity contribution in [3.05, 3.63) is 69.6 Å². The third-order valence-corrected chi connectivity index (χ3v) is 6.65. The van der Waals surface area contributed by atoms with E-state index in [4.69, 9.17) is 0 Å². The molecule has 9 heteroatoms. The van der Waals surface area contributed by atoms with Gasteiger partial charge in [0.25, 0.3) is 11.8 Å². The normalized spacial score (nSPS) is 13.5. The van der Waals surface area contributed by atoms with Crippen LogP contribution in [-0.4, -0.2) is 53.4 Å². The number of ketones is 1. The smallest absolute Gasteiger partial charge is 0.292 e. The maximum atomic E-state index is 12.9. The van der Waals surface area contributed by atoms with Crippen molar-refractivity contribution in [3.8, 4) is 0 Å². The second kappa shape index (κ2) is 11.2. The molecular formula is C25H30N4O4S. The lowest BCUT2D eigenvalue weighted by atomic mass is 10.1. The van der Waals surface area contributed by atoms with Crippen molar-refractivity contribution >= 4 is 34.8 Å². The first-order valence-corrected chi connectivity index (χ1v) is 12.0.